The molecule has 2 rings (SSSR count). The monoisotopic (exact) mass is 316 g/mol. The summed E-state index contributed by atoms with van der Waals surface area (Å²) < 4.78 is 12.2. The Morgan fingerprint density at radius 3 is 2.39 bits per heavy atom. The lowest BCUT2D eigenvalue weighted by Gasteiger charge is -2.47. The Balaban J connectivity index is 2.44. The van der Waals surface area contributed by atoms with Crippen LogP contribution in [0.4, 0.5) is 0 Å². The second kappa shape index (κ2) is 4.60. The van der Waals surface area contributed by atoms with Crippen molar-refractivity contribution in [2.24, 2.45) is 11.3 Å². The molecule has 1 saturated heterocycles. The number of halogens is 1. The van der Waals surface area contributed by atoms with Crippen LogP contribution in [0.2, 0.25) is 0 Å². The summed E-state index contributed by atoms with van der Waals surface area (Å²) in [6.45, 7) is 14.2. The van der Waals surface area contributed by atoms with Crippen LogP contribution in [0.1, 0.15) is 48.0 Å². The Hall–Kier alpha value is 0.140. The van der Waals surface area contributed by atoms with Crippen molar-refractivity contribution in [3.05, 3.63) is 11.1 Å². The highest BCUT2D eigenvalue weighted by Gasteiger charge is 2.54. The lowest BCUT2D eigenvalue weighted by Crippen LogP contribution is -2.50. The lowest BCUT2D eigenvalue weighted by molar-refractivity contribution is -0.182. The number of hydrogen-bond donors (Lipinski definition) is 0. The summed E-state index contributed by atoms with van der Waals surface area (Å²) in [6.07, 6.45) is 1.11. The topological polar surface area (TPSA) is 18.5 Å². The number of allylic oxidation sites excluding steroid dienone is 1. The maximum Gasteiger partial charge on any atom is 0.185 e. The Bertz CT molecular complexity index is 373. The van der Waals surface area contributed by atoms with E-state index in [0.717, 1.165) is 6.42 Å². The molecule has 0 amide bonds. The first-order valence-electron chi connectivity index (χ1n) is 6.86. The van der Waals surface area contributed by atoms with Gasteiger partial charge in [-0.15, -0.1) is 0 Å². The smallest absolute Gasteiger partial charge is 0.185 e. The molecule has 0 aromatic heterocycles. The Morgan fingerprint density at radius 1 is 1.33 bits per heavy atom. The highest BCUT2D eigenvalue weighted by molar-refractivity contribution is 9.09. The fourth-order valence-corrected chi connectivity index (χ4v) is 4.58. The summed E-state index contributed by atoms with van der Waals surface area (Å²) >= 11 is 3.82. The fraction of sp³-hybridized carbons (Fsp3) is 0.867. The molecule has 2 nitrogen and oxygen atoms in total. The van der Waals surface area contributed by atoms with E-state index < -0.39 is 5.79 Å². The van der Waals surface area contributed by atoms with E-state index in [1.807, 2.05) is 0 Å². The van der Waals surface area contributed by atoms with Crippen LogP contribution in [0.25, 0.3) is 0 Å². The summed E-state index contributed by atoms with van der Waals surface area (Å²) in [5.41, 5.74) is 3.06. The number of hydrogen-bond acceptors (Lipinski definition) is 2. The standard InChI is InChI=1S/C15H25BrO2/c1-9(2)12-11(4)13(16)15(8-14(12,5)6)17-7-10(3)18-15/h9-10,13H,7-8H2,1-6H3. The molecule has 2 aliphatic rings. The second-order valence-electron chi connectivity index (χ2n) is 6.73. The molecule has 3 unspecified atom stereocenters. The van der Waals surface area contributed by atoms with Gasteiger partial charge in [-0.05, 0) is 25.2 Å². The van der Waals surface area contributed by atoms with Crippen LogP contribution >= 0.6 is 15.9 Å². The average Bonchev–Trinajstić information content (AvgIpc) is 2.56. The first kappa shape index (κ1) is 14.5. The molecule has 1 fully saturated rings. The van der Waals surface area contributed by atoms with E-state index in [1.165, 1.54) is 5.57 Å². The number of ether oxygens (including phenoxy) is 2. The number of rotatable bonds is 1. The van der Waals surface area contributed by atoms with Gasteiger partial charge in [0.2, 0.25) is 0 Å². The predicted octanol–water partition coefficient (Wildman–Crippen LogP) is 4.28. The van der Waals surface area contributed by atoms with Gasteiger partial charge in [0.05, 0.1) is 17.5 Å². The largest absolute Gasteiger partial charge is 0.346 e. The van der Waals surface area contributed by atoms with Gasteiger partial charge in [-0.2, -0.15) is 0 Å². The molecular weight excluding hydrogens is 292 g/mol. The van der Waals surface area contributed by atoms with Crippen molar-refractivity contribution in [2.45, 2.75) is 64.7 Å². The first-order valence-corrected chi connectivity index (χ1v) is 7.78. The molecule has 1 heterocycles. The molecule has 0 aromatic carbocycles. The molecule has 104 valence electrons. The van der Waals surface area contributed by atoms with Crippen LogP contribution in [0.3, 0.4) is 0 Å². The van der Waals surface area contributed by atoms with Gasteiger partial charge in [-0.1, -0.05) is 54.8 Å². The van der Waals surface area contributed by atoms with Crippen molar-refractivity contribution >= 4 is 15.9 Å². The van der Waals surface area contributed by atoms with E-state index >= 15 is 0 Å². The summed E-state index contributed by atoms with van der Waals surface area (Å²) in [5, 5.41) is 0. The minimum atomic E-state index is -0.467. The molecule has 1 aliphatic carbocycles. The molecule has 1 aliphatic heterocycles. The molecule has 3 heteroatoms. The second-order valence-corrected chi connectivity index (χ2v) is 7.64. The minimum Gasteiger partial charge on any atom is -0.346 e. The maximum atomic E-state index is 6.13. The van der Waals surface area contributed by atoms with Crippen LogP contribution in [-0.2, 0) is 9.47 Å². The highest BCUT2D eigenvalue weighted by atomic mass is 79.9. The molecule has 18 heavy (non-hydrogen) atoms. The SMILES string of the molecule is CC1=C(C(C)C)C(C)(C)CC2(OCC(C)O2)C1Br. The van der Waals surface area contributed by atoms with Gasteiger partial charge < -0.3 is 9.47 Å². The molecule has 3 atom stereocenters. The van der Waals surface area contributed by atoms with Crippen LogP contribution < -0.4 is 0 Å². The quantitative estimate of drug-likeness (QED) is 0.531. The van der Waals surface area contributed by atoms with Crippen LogP contribution in [0.5, 0.6) is 0 Å². The zero-order chi connectivity index (χ0) is 13.7. The molecular formula is C15H25BrO2. The third-order valence-electron chi connectivity index (χ3n) is 4.15. The summed E-state index contributed by atoms with van der Waals surface area (Å²) in [6, 6.07) is 0. The average molecular weight is 317 g/mol. The molecule has 0 saturated carbocycles. The van der Waals surface area contributed by atoms with Gasteiger partial charge in [0.15, 0.2) is 5.79 Å². The van der Waals surface area contributed by atoms with Crippen molar-refractivity contribution in [3.63, 3.8) is 0 Å². The predicted molar refractivity (Wildman–Crippen MR) is 77.9 cm³/mol. The van der Waals surface area contributed by atoms with Crippen molar-refractivity contribution in [2.75, 3.05) is 6.61 Å². The number of alkyl halides is 1. The van der Waals surface area contributed by atoms with Crippen molar-refractivity contribution in [1.29, 1.82) is 0 Å². The minimum absolute atomic E-state index is 0.132. The zero-order valence-electron chi connectivity index (χ0n) is 12.3. The first-order chi connectivity index (χ1) is 8.19. The molecule has 0 N–H and O–H groups in total. The van der Waals surface area contributed by atoms with E-state index in [0.29, 0.717) is 12.5 Å². The summed E-state index contributed by atoms with van der Waals surface area (Å²) in [7, 11) is 0. The van der Waals surface area contributed by atoms with Crippen LogP contribution in [0.15, 0.2) is 11.1 Å². The van der Waals surface area contributed by atoms with E-state index in [1.54, 1.807) is 5.57 Å². The van der Waals surface area contributed by atoms with Crippen molar-refractivity contribution in [1.82, 2.24) is 0 Å². The van der Waals surface area contributed by atoms with E-state index in [2.05, 4.69) is 57.5 Å². The summed E-state index contributed by atoms with van der Waals surface area (Å²) in [4.78, 5) is 0.167. The van der Waals surface area contributed by atoms with Gasteiger partial charge >= 0.3 is 0 Å². The van der Waals surface area contributed by atoms with Gasteiger partial charge in [0.25, 0.3) is 0 Å². The van der Waals surface area contributed by atoms with Gasteiger partial charge in [0, 0.05) is 6.42 Å². The maximum absolute atomic E-state index is 6.13. The summed E-state index contributed by atoms with van der Waals surface area (Å²) in [5.74, 6) is 0.0991. The van der Waals surface area contributed by atoms with Gasteiger partial charge in [-0.3, -0.25) is 0 Å². The highest BCUT2D eigenvalue weighted by Crippen LogP contribution is 2.53. The van der Waals surface area contributed by atoms with Gasteiger partial charge in [-0.25, -0.2) is 0 Å². The third-order valence-corrected chi connectivity index (χ3v) is 5.53. The Morgan fingerprint density at radius 2 is 1.94 bits per heavy atom. The lowest BCUT2D eigenvalue weighted by atomic mass is 9.66. The Kier molecular flexibility index (Phi) is 3.72. The normalized spacial score (nSPS) is 40.0. The molecule has 0 radical (unpaired) electrons. The fourth-order valence-electron chi connectivity index (χ4n) is 3.93. The van der Waals surface area contributed by atoms with Gasteiger partial charge in [0.1, 0.15) is 0 Å². The van der Waals surface area contributed by atoms with Crippen LogP contribution in [-0.4, -0.2) is 23.3 Å². The molecule has 1 spiro atoms. The van der Waals surface area contributed by atoms with E-state index in [4.69, 9.17) is 9.47 Å². The van der Waals surface area contributed by atoms with E-state index in [-0.39, 0.29) is 16.3 Å². The third kappa shape index (κ3) is 2.19. The van der Waals surface area contributed by atoms with E-state index in [9.17, 15) is 0 Å². The molecule has 0 aromatic rings. The Labute approximate surface area is 119 Å². The molecule has 0 bridgehead atoms. The van der Waals surface area contributed by atoms with Crippen molar-refractivity contribution < 1.29 is 9.47 Å². The van der Waals surface area contributed by atoms with Crippen LogP contribution in [0, 0.1) is 11.3 Å². The zero-order valence-corrected chi connectivity index (χ0v) is 13.9. The van der Waals surface area contributed by atoms with Crippen molar-refractivity contribution in [3.8, 4) is 0 Å².